The van der Waals surface area contributed by atoms with Crippen molar-refractivity contribution in [2.24, 2.45) is 17.1 Å². The molecular weight excluding hydrogens is 240 g/mol. The fourth-order valence-electron chi connectivity index (χ4n) is 3.78. The van der Waals surface area contributed by atoms with Crippen molar-refractivity contribution in [3.05, 3.63) is 0 Å². The number of thioether (sulfide) groups is 1. The normalized spacial score (nSPS) is 30.5. The highest BCUT2D eigenvalue weighted by molar-refractivity contribution is 7.99. The minimum atomic E-state index is 0.639. The molecule has 2 atom stereocenters. The summed E-state index contributed by atoms with van der Waals surface area (Å²) in [5, 5.41) is 0. The third-order valence-corrected chi connectivity index (χ3v) is 6.77. The summed E-state index contributed by atoms with van der Waals surface area (Å²) >= 11 is 2.12. The zero-order chi connectivity index (χ0) is 13.0. The van der Waals surface area contributed by atoms with Crippen LogP contribution >= 0.6 is 11.8 Å². The van der Waals surface area contributed by atoms with Gasteiger partial charge in [0.25, 0.3) is 0 Å². The van der Waals surface area contributed by atoms with E-state index in [1.165, 1.54) is 56.7 Å². The monoisotopic (exact) mass is 270 g/mol. The third-order valence-electron chi connectivity index (χ3n) is 5.58. The lowest BCUT2D eigenvalue weighted by Crippen LogP contribution is -2.51. The minimum Gasteiger partial charge on any atom is -0.329 e. The Bertz CT molecular complexity index is 237. The van der Waals surface area contributed by atoms with Crippen molar-refractivity contribution in [1.29, 1.82) is 0 Å². The van der Waals surface area contributed by atoms with Crippen LogP contribution in [-0.2, 0) is 0 Å². The van der Waals surface area contributed by atoms with Gasteiger partial charge in [-0.05, 0) is 55.2 Å². The molecule has 2 fully saturated rings. The van der Waals surface area contributed by atoms with Gasteiger partial charge in [0.05, 0.1) is 0 Å². The molecule has 0 aromatic heterocycles. The molecule has 2 aliphatic rings. The van der Waals surface area contributed by atoms with E-state index in [2.05, 4.69) is 30.5 Å². The highest BCUT2D eigenvalue weighted by Gasteiger charge is 2.36. The Labute approximate surface area is 117 Å². The zero-order valence-electron chi connectivity index (χ0n) is 12.2. The molecule has 2 unspecified atom stereocenters. The number of hydrogen-bond donors (Lipinski definition) is 1. The van der Waals surface area contributed by atoms with Gasteiger partial charge in [0, 0.05) is 12.6 Å². The maximum atomic E-state index is 6.07. The van der Waals surface area contributed by atoms with Gasteiger partial charge in [0.15, 0.2) is 0 Å². The van der Waals surface area contributed by atoms with Gasteiger partial charge in [-0.25, -0.2) is 0 Å². The van der Waals surface area contributed by atoms with Crippen molar-refractivity contribution >= 4 is 11.8 Å². The molecule has 3 heteroatoms. The van der Waals surface area contributed by atoms with E-state index < -0.39 is 0 Å². The van der Waals surface area contributed by atoms with Crippen LogP contribution in [0.4, 0.5) is 0 Å². The SMILES string of the molecule is CCC1(CC)CCN(C(CN)C2CCSC2)CC1. The quantitative estimate of drug-likeness (QED) is 0.833. The van der Waals surface area contributed by atoms with Crippen molar-refractivity contribution < 1.29 is 0 Å². The molecule has 0 aromatic rings. The lowest BCUT2D eigenvalue weighted by molar-refractivity contribution is 0.0519. The molecule has 2 N–H and O–H groups in total. The second-order valence-corrected chi connectivity index (χ2v) is 7.32. The van der Waals surface area contributed by atoms with Gasteiger partial charge < -0.3 is 5.73 Å². The summed E-state index contributed by atoms with van der Waals surface area (Å²) in [7, 11) is 0. The number of nitrogens with zero attached hydrogens (tertiary/aromatic N) is 1. The van der Waals surface area contributed by atoms with Crippen molar-refractivity contribution in [3.8, 4) is 0 Å². The molecule has 0 saturated carbocycles. The van der Waals surface area contributed by atoms with Crippen molar-refractivity contribution in [2.45, 2.75) is 52.0 Å². The lowest BCUT2D eigenvalue weighted by atomic mass is 9.73. The van der Waals surface area contributed by atoms with Crippen LogP contribution in [0, 0.1) is 11.3 Å². The van der Waals surface area contributed by atoms with E-state index in [-0.39, 0.29) is 0 Å². The van der Waals surface area contributed by atoms with Crippen LogP contribution in [0.5, 0.6) is 0 Å². The summed E-state index contributed by atoms with van der Waals surface area (Å²) in [4.78, 5) is 2.71. The summed E-state index contributed by atoms with van der Waals surface area (Å²) in [5.41, 5.74) is 6.70. The maximum Gasteiger partial charge on any atom is 0.0254 e. The zero-order valence-corrected chi connectivity index (χ0v) is 13.0. The van der Waals surface area contributed by atoms with E-state index in [1.807, 2.05) is 0 Å². The Kier molecular flexibility index (Phi) is 5.40. The molecule has 2 rings (SSSR count). The minimum absolute atomic E-state index is 0.639. The Morgan fingerprint density at radius 2 is 1.94 bits per heavy atom. The Balaban J connectivity index is 1.90. The molecule has 2 saturated heterocycles. The summed E-state index contributed by atoms with van der Waals surface area (Å²) in [6, 6.07) is 0.659. The first-order valence-corrected chi connectivity index (χ1v) is 8.92. The van der Waals surface area contributed by atoms with Gasteiger partial charge in [-0.1, -0.05) is 26.7 Å². The fourth-order valence-corrected chi connectivity index (χ4v) is 5.11. The van der Waals surface area contributed by atoms with E-state index in [9.17, 15) is 0 Å². The van der Waals surface area contributed by atoms with Gasteiger partial charge in [0.2, 0.25) is 0 Å². The average molecular weight is 270 g/mol. The maximum absolute atomic E-state index is 6.07. The van der Waals surface area contributed by atoms with Crippen molar-refractivity contribution in [2.75, 3.05) is 31.1 Å². The van der Waals surface area contributed by atoms with E-state index >= 15 is 0 Å². The van der Waals surface area contributed by atoms with Crippen molar-refractivity contribution in [3.63, 3.8) is 0 Å². The first-order valence-electron chi connectivity index (χ1n) is 7.76. The first-order chi connectivity index (χ1) is 8.74. The smallest absolute Gasteiger partial charge is 0.0254 e. The van der Waals surface area contributed by atoms with Gasteiger partial charge >= 0.3 is 0 Å². The molecular formula is C15H30N2S. The molecule has 106 valence electrons. The second kappa shape index (κ2) is 6.62. The predicted molar refractivity (Wildman–Crippen MR) is 82.1 cm³/mol. The highest BCUT2D eigenvalue weighted by atomic mass is 32.2. The van der Waals surface area contributed by atoms with Crippen molar-refractivity contribution in [1.82, 2.24) is 4.90 Å². The standard InChI is InChI=1S/C15H30N2S/c1-3-15(4-2)6-8-17(9-7-15)14(11-16)13-5-10-18-12-13/h13-14H,3-12,16H2,1-2H3. The summed E-state index contributed by atoms with van der Waals surface area (Å²) < 4.78 is 0. The first kappa shape index (κ1) is 14.7. The molecule has 0 radical (unpaired) electrons. The molecule has 0 aromatic carbocycles. The Hall–Kier alpha value is 0.270. The molecule has 0 spiro atoms. The van der Waals surface area contributed by atoms with Gasteiger partial charge in [0.1, 0.15) is 0 Å². The molecule has 2 aliphatic heterocycles. The number of piperidine rings is 1. The van der Waals surface area contributed by atoms with Gasteiger partial charge in [-0.15, -0.1) is 0 Å². The van der Waals surface area contributed by atoms with E-state index in [0.29, 0.717) is 11.5 Å². The highest BCUT2D eigenvalue weighted by Crippen LogP contribution is 2.39. The largest absolute Gasteiger partial charge is 0.329 e. The Morgan fingerprint density at radius 1 is 1.28 bits per heavy atom. The average Bonchev–Trinajstić information content (AvgIpc) is 2.95. The van der Waals surface area contributed by atoms with Gasteiger partial charge in [-0.2, -0.15) is 11.8 Å². The van der Waals surface area contributed by atoms with Crippen LogP contribution in [0.15, 0.2) is 0 Å². The summed E-state index contributed by atoms with van der Waals surface area (Å²) in [6.07, 6.45) is 6.86. The van der Waals surface area contributed by atoms with Crippen LogP contribution in [0.25, 0.3) is 0 Å². The molecule has 0 amide bonds. The molecule has 0 bridgehead atoms. The number of rotatable bonds is 5. The van der Waals surface area contributed by atoms with Crippen LogP contribution < -0.4 is 5.73 Å². The predicted octanol–water partition coefficient (Wildman–Crippen LogP) is 2.97. The number of likely N-dealkylation sites (tertiary alicyclic amines) is 1. The molecule has 18 heavy (non-hydrogen) atoms. The molecule has 0 aliphatic carbocycles. The Morgan fingerprint density at radius 3 is 2.39 bits per heavy atom. The summed E-state index contributed by atoms with van der Waals surface area (Å²) in [5.74, 6) is 3.55. The topological polar surface area (TPSA) is 29.3 Å². The van der Waals surface area contributed by atoms with E-state index in [0.717, 1.165) is 12.5 Å². The van der Waals surface area contributed by atoms with Crippen LogP contribution in [0.3, 0.4) is 0 Å². The van der Waals surface area contributed by atoms with Crippen LogP contribution in [0.2, 0.25) is 0 Å². The third kappa shape index (κ3) is 3.05. The second-order valence-electron chi connectivity index (χ2n) is 6.17. The lowest BCUT2D eigenvalue weighted by Gasteiger charge is -2.45. The molecule has 2 nitrogen and oxygen atoms in total. The van der Waals surface area contributed by atoms with Crippen LogP contribution in [0.1, 0.15) is 46.0 Å². The van der Waals surface area contributed by atoms with E-state index in [1.54, 1.807) is 0 Å². The fraction of sp³-hybridized carbons (Fsp3) is 1.00. The number of nitrogens with two attached hydrogens (primary N) is 1. The molecule has 2 heterocycles. The summed E-state index contributed by atoms with van der Waals surface area (Å²) in [6.45, 7) is 8.16. The van der Waals surface area contributed by atoms with E-state index in [4.69, 9.17) is 5.73 Å². The number of hydrogen-bond acceptors (Lipinski definition) is 3. The van der Waals surface area contributed by atoms with Crippen LogP contribution in [-0.4, -0.2) is 42.1 Å². The van der Waals surface area contributed by atoms with Gasteiger partial charge in [-0.3, -0.25) is 4.90 Å².